The molecule has 76 valence electrons. The van der Waals surface area contributed by atoms with Crippen LogP contribution < -0.4 is 15.8 Å². The molecule has 6 heteroatoms. The van der Waals surface area contributed by atoms with Gasteiger partial charge in [0.25, 0.3) is 5.56 Å². The maximum Gasteiger partial charge on any atom is 0.271 e. The standard InChI is InChI=1S/C8H11ClN4O/c1-13(5-2-10-3-5)7-6(9)8(14)12-4-11-7/h4-5,10H,2-3H2,1H3,(H,11,12,14). The first-order valence-corrected chi connectivity index (χ1v) is 4.74. The minimum absolute atomic E-state index is 0.155. The predicted molar refractivity (Wildman–Crippen MR) is 54.9 cm³/mol. The van der Waals surface area contributed by atoms with E-state index in [0.717, 1.165) is 13.1 Å². The molecule has 2 rings (SSSR count). The number of likely N-dealkylation sites (N-methyl/N-ethyl adjacent to an activating group) is 1. The molecule has 2 heterocycles. The van der Waals surface area contributed by atoms with Crippen molar-refractivity contribution in [2.24, 2.45) is 0 Å². The fourth-order valence-electron chi connectivity index (χ4n) is 1.34. The highest BCUT2D eigenvalue weighted by Gasteiger charge is 2.24. The van der Waals surface area contributed by atoms with Crippen molar-refractivity contribution in [3.05, 3.63) is 21.7 Å². The van der Waals surface area contributed by atoms with Gasteiger partial charge in [0, 0.05) is 20.1 Å². The van der Waals surface area contributed by atoms with Crippen LogP contribution in [0.2, 0.25) is 5.02 Å². The maximum atomic E-state index is 11.2. The van der Waals surface area contributed by atoms with E-state index in [-0.39, 0.29) is 10.6 Å². The van der Waals surface area contributed by atoms with E-state index in [0.29, 0.717) is 11.9 Å². The number of nitrogens with one attached hydrogen (secondary N) is 2. The van der Waals surface area contributed by atoms with E-state index < -0.39 is 0 Å². The first-order valence-electron chi connectivity index (χ1n) is 4.37. The second-order valence-electron chi connectivity index (χ2n) is 3.29. The molecule has 0 spiro atoms. The quantitative estimate of drug-likeness (QED) is 0.718. The Morgan fingerprint density at radius 1 is 1.64 bits per heavy atom. The Morgan fingerprint density at radius 2 is 2.36 bits per heavy atom. The van der Waals surface area contributed by atoms with E-state index in [1.807, 2.05) is 11.9 Å². The van der Waals surface area contributed by atoms with Gasteiger partial charge in [0.15, 0.2) is 5.82 Å². The molecule has 0 atom stereocenters. The number of nitrogens with zero attached hydrogens (tertiary/aromatic N) is 2. The predicted octanol–water partition coefficient (Wildman–Crippen LogP) is -0.169. The zero-order valence-corrected chi connectivity index (χ0v) is 8.51. The van der Waals surface area contributed by atoms with E-state index in [1.54, 1.807) is 0 Å². The third kappa shape index (κ3) is 1.49. The summed E-state index contributed by atoms with van der Waals surface area (Å²) in [5.74, 6) is 0.543. The van der Waals surface area contributed by atoms with E-state index in [9.17, 15) is 4.79 Å². The van der Waals surface area contributed by atoms with Gasteiger partial charge < -0.3 is 15.2 Å². The van der Waals surface area contributed by atoms with Crippen molar-refractivity contribution < 1.29 is 0 Å². The van der Waals surface area contributed by atoms with Crippen LogP contribution in [0.15, 0.2) is 11.1 Å². The van der Waals surface area contributed by atoms with Crippen molar-refractivity contribution >= 4 is 17.4 Å². The van der Waals surface area contributed by atoms with E-state index >= 15 is 0 Å². The summed E-state index contributed by atoms with van der Waals surface area (Å²) in [6.07, 6.45) is 1.37. The Kier molecular flexibility index (Phi) is 2.43. The second-order valence-corrected chi connectivity index (χ2v) is 3.67. The molecular formula is C8H11ClN4O. The summed E-state index contributed by atoms with van der Waals surface area (Å²) in [7, 11) is 1.89. The number of anilines is 1. The van der Waals surface area contributed by atoms with Crippen molar-refractivity contribution in [1.29, 1.82) is 0 Å². The lowest BCUT2D eigenvalue weighted by atomic mass is 10.1. The van der Waals surface area contributed by atoms with Crippen LogP contribution in [0.5, 0.6) is 0 Å². The van der Waals surface area contributed by atoms with Crippen molar-refractivity contribution in [2.45, 2.75) is 6.04 Å². The Balaban J connectivity index is 2.30. The van der Waals surface area contributed by atoms with Gasteiger partial charge in [-0.1, -0.05) is 11.6 Å². The third-order valence-corrected chi connectivity index (χ3v) is 2.76. The summed E-state index contributed by atoms with van der Waals surface area (Å²) < 4.78 is 0. The first-order chi connectivity index (χ1) is 6.70. The summed E-state index contributed by atoms with van der Waals surface area (Å²) in [4.78, 5) is 19.6. The van der Waals surface area contributed by atoms with Gasteiger partial charge in [-0.05, 0) is 0 Å². The van der Waals surface area contributed by atoms with Crippen molar-refractivity contribution in [2.75, 3.05) is 25.0 Å². The minimum atomic E-state index is -0.296. The van der Waals surface area contributed by atoms with Crippen LogP contribution in [0, 0.1) is 0 Å². The fraction of sp³-hybridized carbons (Fsp3) is 0.500. The zero-order chi connectivity index (χ0) is 10.1. The SMILES string of the molecule is CN(c1nc[nH]c(=O)c1Cl)C1CNC1. The molecular weight excluding hydrogens is 204 g/mol. The van der Waals surface area contributed by atoms with Crippen LogP contribution in [-0.2, 0) is 0 Å². The normalized spacial score (nSPS) is 16.4. The lowest BCUT2D eigenvalue weighted by Crippen LogP contribution is -2.56. The van der Waals surface area contributed by atoms with Crippen LogP contribution in [0.3, 0.4) is 0 Å². The molecule has 0 unspecified atom stereocenters. The van der Waals surface area contributed by atoms with Gasteiger partial charge in [-0.15, -0.1) is 0 Å². The Labute approximate surface area is 86.1 Å². The van der Waals surface area contributed by atoms with Crippen LogP contribution in [0.25, 0.3) is 0 Å². The molecule has 5 nitrogen and oxygen atoms in total. The maximum absolute atomic E-state index is 11.2. The van der Waals surface area contributed by atoms with Gasteiger partial charge in [-0.2, -0.15) is 0 Å². The molecule has 1 aliphatic heterocycles. The highest BCUT2D eigenvalue weighted by Crippen LogP contribution is 2.19. The van der Waals surface area contributed by atoms with Crippen molar-refractivity contribution in [3.63, 3.8) is 0 Å². The second kappa shape index (κ2) is 3.59. The van der Waals surface area contributed by atoms with Gasteiger partial charge in [-0.3, -0.25) is 4.79 Å². The average Bonchev–Trinajstić information content (AvgIpc) is 2.06. The van der Waals surface area contributed by atoms with Crippen LogP contribution >= 0.6 is 11.6 Å². The molecule has 0 aliphatic carbocycles. The van der Waals surface area contributed by atoms with Crippen LogP contribution in [-0.4, -0.2) is 36.1 Å². The lowest BCUT2D eigenvalue weighted by molar-refractivity contribution is 0.426. The summed E-state index contributed by atoms with van der Waals surface area (Å²) in [5.41, 5.74) is -0.296. The number of aromatic amines is 1. The smallest absolute Gasteiger partial charge is 0.271 e. The summed E-state index contributed by atoms with van der Waals surface area (Å²) in [5, 5.41) is 3.30. The topological polar surface area (TPSA) is 61.0 Å². The third-order valence-electron chi connectivity index (χ3n) is 2.42. The number of aromatic nitrogens is 2. The Morgan fingerprint density at radius 3 is 2.93 bits per heavy atom. The first kappa shape index (κ1) is 9.48. The van der Waals surface area contributed by atoms with Crippen LogP contribution in [0.4, 0.5) is 5.82 Å². The molecule has 1 saturated heterocycles. The number of H-pyrrole nitrogens is 1. The van der Waals surface area contributed by atoms with E-state index in [1.165, 1.54) is 6.33 Å². The Hall–Kier alpha value is -1.07. The average molecular weight is 215 g/mol. The van der Waals surface area contributed by atoms with Gasteiger partial charge in [0.2, 0.25) is 0 Å². The van der Waals surface area contributed by atoms with Gasteiger partial charge in [-0.25, -0.2) is 4.98 Å². The zero-order valence-electron chi connectivity index (χ0n) is 7.75. The molecule has 0 aromatic carbocycles. The molecule has 14 heavy (non-hydrogen) atoms. The molecule has 1 aromatic heterocycles. The van der Waals surface area contributed by atoms with Crippen LogP contribution in [0.1, 0.15) is 0 Å². The molecule has 1 aliphatic rings. The van der Waals surface area contributed by atoms with Gasteiger partial charge >= 0.3 is 0 Å². The number of halogens is 1. The lowest BCUT2D eigenvalue weighted by Gasteiger charge is -2.36. The minimum Gasteiger partial charge on any atom is -0.353 e. The molecule has 0 radical (unpaired) electrons. The summed E-state index contributed by atoms with van der Waals surface area (Å²) in [6, 6.07) is 0.377. The van der Waals surface area contributed by atoms with E-state index in [2.05, 4.69) is 15.3 Å². The molecule has 1 aromatic rings. The fourth-order valence-corrected chi connectivity index (χ4v) is 1.58. The molecule has 0 saturated carbocycles. The molecule has 0 bridgehead atoms. The Bertz CT molecular complexity index is 387. The largest absolute Gasteiger partial charge is 0.353 e. The molecule has 2 N–H and O–H groups in total. The monoisotopic (exact) mass is 214 g/mol. The highest BCUT2D eigenvalue weighted by molar-refractivity contribution is 6.32. The highest BCUT2D eigenvalue weighted by atomic mass is 35.5. The molecule has 0 amide bonds. The summed E-state index contributed by atoms with van der Waals surface area (Å²) >= 11 is 5.84. The van der Waals surface area contributed by atoms with E-state index in [4.69, 9.17) is 11.6 Å². The molecule has 1 fully saturated rings. The number of hydrogen-bond acceptors (Lipinski definition) is 4. The van der Waals surface area contributed by atoms with Crippen molar-refractivity contribution in [1.82, 2.24) is 15.3 Å². The number of rotatable bonds is 2. The van der Waals surface area contributed by atoms with Gasteiger partial charge in [0.1, 0.15) is 5.02 Å². The van der Waals surface area contributed by atoms with Gasteiger partial charge in [0.05, 0.1) is 12.4 Å². The summed E-state index contributed by atoms with van der Waals surface area (Å²) in [6.45, 7) is 1.81. The number of hydrogen-bond donors (Lipinski definition) is 2. The van der Waals surface area contributed by atoms with Crippen molar-refractivity contribution in [3.8, 4) is 0 Å².